The second kappa shape index (κ2) is 12.0. The van der Waals surface area contributed by atoms with Gasteiger partial charge in [-0.2, -0.15) is 0 Å². The highest BCUT2D eigenvalue weighted by molar-refractivity contribution is 5.79. The summed E-state index contributed by atoms with van der Waals surface area (Å²) < 4.78 is 5.34. The van der Waals surface area contributed by atoms with Crippen LogP contribution in [0.2, 0.25) is 0 Å². The number of aliphatic hydroxyl groups is 1. The molecule has 0 aromatic rings. The molecule has 0 bridgehead atoms. The Balaban J connectivity index is 4.65. The number of likely N-dealkylation sites (N-methyl/N-ethyl adjacent to an activating group) is 1. The third-order valence-electron chi connectivity index (χ3n) is 4.50. The molecule has 3 N–H and O–H groups in total. The Hall–Kier alpha value is -1.50. The van der Waals surface area contributed by atoms with Crippen LogP contribution in [-0.4, -0.2) is 67.5 Å². The van der Waals surface area contributed by atoms with Gasteiger partial charge in [0, 0.05) is 39.8 Å². The Morgan fingerprint density at radius 2 is 1.77 bits per heavy atom. The van der Waals surface area contributed by atoms with Crippen LogP contribution in [0.4, 0.5) is 4.79 Å². The van der Waals surface area contributed by atoms with Gasteiger partial charge >= 0.3 is 6.09 Å². The van der Waals surface area contributed by atoms with Crippen LogP contribution in [0.5, 0.6) is 0 Å². The van der Waals surface area contributed by atoms with Gasteiger partial charge < -0.3 is 25.4 Å². The van der Waals surface area contributed by atoms with Crippen molar-refractivity contribution in [1.29, 1.82) is 0 Å². The van der Waals surface area contributed by atoms with Crippen LogP contribution in [0.25, 0.3) is 0 Å². The van der Waals surface area contributed by atoms with Crippen LogP contribution in [0.1, 0.15) is 60.8 Å². The van der Waals surface area contributed by atoms with E-state index in [4.69, 9.17) is 9.73 Å². The third kappa shape index (κ3) is 9.85. The SMILES string of the molecule is CCNC(=NCC(CC)(CC)CCO)NCCN(C)C(=O)OC(C)(C)C. The van der Waals surface area contributed by atoms with E-state index in [0.29, 0.717) is 19.6 Å². The molecule has 0 fully saturated rings. The first-order valence-corrected chi connectivity index (χ1v) is 9.70. The standard InChI is InChI=1S/C19H40N4O3/c1-8-19(9-2,11-14-24)15-22-16(20-10-3)21-12-13-23(7)17(25)26-18(4,5)6/h24H,8-15H2,1-7H3,(H2,20,21,22). The molecule has 0 aromatic heterocycles. The predicted octanol–water partition coefficient (Wildman–Crippen LogP) is 2.60. The minimum Gasteiger partial charge on any atom is -0.444 e. The molecule has 0 spiro atoms. The summed E-state index contributed by atoms with van der Waals surface area (Å²) in [6.45, 7) is 14.6. The summed E-state index contributed by atoms with van der Waals surface area (Å²) in [7, 11) is 1.72. The van der Waals surface area contributed by atoms with Crippen molar-refractivity contribution in [2.45, 2.75) is 66.4 Å². The number of ether oxygens (including phenoxy) is 1. The number of guanidine groups is 1. The minimum absolute atomic E-state index is 0.0322. The van der Waals surface area contributed by atoms with Crippen molar-refractivity contribution in [2.75, 3.05) is 39.8 Å². The van der Waals surface area contributed by atoms with Crippen molar-refractivity contribution in [3.63, 3.8) is 0 Å². The number of aliphatic hydroxyl groups excluding tert-OH is 1. The maximum atomic E-state index is 12.0. The van der Waals surface area contributed by atoms with Gasteiger partial charge in [-0.1, -0.05) is 13.8 Å². The summed E-state index contributed by atoms with van der Waals surface area (Å²) in [4.78, 5) is 18.2. The van der Waals surface area contributed by atoms with Crippen LogP contribution in [0.15, 0.2) is 4.99 Å². The van der Waals surface area contributed by atoms with E-state index in [0.717, 1.165) is 31.8 Å². The number of carbonyl (C=O) groups is 1. The fourth-order valence-electron chi connectivity index (χ4n) is 2.51. The summed E-state index contributed by atoms with van der Waals surface area (Å²) in [5, 5.41) is 15.8. The molecule has 7 heteroatoms. The van der Waals surface area contributed by atoms with E-state index in [1.54, 1.807) is 11.9 Å². The Morgan fingerprint density at radius 1 is 1.15 bits per heavy atom. The smallest absolute Gasteiger partial charge is 0.410 e. The summed E-state index contributed by atoms with van der Waals surface area (Å²) in [6, 6.07) is 0. The first-order chi connectivity index (χ1) is 12.1. The minimum atomic E-state index is -0.495. The molecule has 0 radical (unpaired) electrons. The van der Waals surface area contributed by atoms with Crippen LogP contribution in [-0.2, 0) is 4.74 Å². The number of nitrogens with one attached hydrogen (secondary N) is 2. The fourth-order valence-corrected chi connectivity index (χ4v) is 2.51. The molecule has 0 rings (SSSR count). The Kier molecular flexibility index (Phi) is 11.3. The molecule has 0 saturated heterocycles. The summed E-state index contributed by atoms with van der Waals surface area (Å²) >= 11 is 0. The van der Waals surface area contributed by atoms with Gasteiger partial charge in [-0.3, -0.25) is 4.99 Å². The van der Waals surface area contributed by atoms with Gasteiger partial charge in [0.25, 0.3) is 0 Å². The maximum absolute atomic E-state index is 12.0. The normalized spacial score (nSPS) is 12.7. The van der Waals surface area contributed by atoms with E-state index in [2.05, 4.69) is 24.5 Å². The van der Waals surface area contributed by atoms with Crippen LogP contribution in [0.3, 0.4) is 0 Å². The van der Waals surface area contributed by atoms with E-state index in [-0.39, 0.29) is 18.1 Å². The molecule has 0 aliphatic rings. The molecule has 1 amide bonds. The molecule has 0 aromatic carbocycles. The Labute approximate surface area is 159 Å². The number of amides is 1. The average Bonchev–Trinajstić information content (AvgIpc) is 2.56. The van der Waals surface area contributed by atoms with Gasteiger partial charge in [-0.25, -0.2) is 4.79 Å². The van der Waals surface area contributed by atoms with Gasteiger partial charge in [-0.05, 0) is 52.4 Å². The van der Waals surface area contributed by atoms with E-state index < -0.39 is 5.60 Å². The zero-order valence-corrected chi connectivity index (χ0v) is 17.8. The number of rotatable bonds is 10. The monoisotopic (exact) mass is 372 g/mol. The Bertz CT molecular complexity index is 429. The summed E-state index contributed by atoms with van der Waals surface area (Å²) in [5.41, 5.74) is -0.462. The molecular weight excluding hydrogens is 332 g/mol. The maximum Gasteiger partial charge on any atom is 0.410 e. The first-order valence-electron chi connectivity index (χ1n) is 9.70. The predicted molar refractivity (Wildman–Crippen MR) is 108 cm³/mol. The number of nitrogens with zero attached hydrogens (tertiary/aromatic N) is 2. The number of hydrogen-bond donors (Lipinski definition) is 3. The largest absolute Gasteiger partial charge is 0.444 e. The van der Waals surface area contributed by atoms with E-state index >= 15 is 0 Å². The zero-order valence-electron chi connectivity index (χ0n) is 17.8. The molecule has 0 aliphatic heterocycles. The quantitative estimate of drug-likeness (QED) is 0.405. The fraction of sp³-hybridized carbons (Fsp3) is 0.895. The number of hydrogen-bond acceptors (Lipinski definition) is 4. The zero-order chi connectivity index (χ0) is 20.2. The first kappa shape index (κ1) is 24.5. The van der Waals surface area contributed by atoms with E-state index in [1.807, 2.05) is 27.7 Å². The van der Waals surface area contributed by atoms with Crippen molar-refractivity contribution in [2.24, 2.45) is 10.4 Å². The topological polar surface area (TPSA) is 86.2 Å². The van der Waals surface area contributed by atoms with Crippen molar-refractivity contribution < 1.29 is 14.6 Å². The molecule has 0 atom stereocenters. The highest BCUT2D eigenvalue weighted by Gasteiger charge is 2.25. The van der Waals surface area contributed by atoms with Gasteiger partial charge in [0.05, 0.1) is 0 Å². The lowest BCUT2D eigenvalue weighted by Gasteiger charge is -2.29. The molecule has 0 unspecified atom stereocenters. The molecule has 154 valence electrons. The van der Waals surface area contributed by atoms with Crippen LogP contribution < -0.4 is 10.6 Å². The van der Waals surface area contributed by atoms with Crippen molar-refractivity contribution in [3.05, 3.63) is 0 Å². The average molecular weight is 373 g/mol. The van der Waals surface area contributed by atoms with Crippen molar-refractivity contribution >= 4 is 12.1 Å². The van der Waals surface area contributed by atoms with Crippen molar-refractivity contribution in [3.8, 4) is 0 Å². The van der Waals surface area contributed by atoms with Gasteiger partial charge in [0.2, 0.25) is 0 Å². The highest BCUT2D eigenvalue weighted by atomic mass is 16.6. The molecule has 26 heavy (non-hydrogen) atoms. The van der Waals surface area contributed by atoms with E-state index in [1.165, 1.54) is 0 Å². The van der Waals surface area contributed by atoms with Gasteiger partial charge in [0.15, 0.2) is 5.96 Å². The van der Waals surface area contributed by atoms with Crippen LogP contribution >= 0.6 is 0 Å². The molecule has 0 heterocycles. The summed E-state index contributed by atoms with van der Waals surface area (Å²) in [6.07, 6.45) is 2.38. The number of carbonyl (C=O) groups excluding carboxylic acids is 1. The lowest BCUT2D eigenvalue weighted by atomic mass is 9.79. The molecular formula is C19H40N4O3. The lowest BCUT2D eigenvalue weighted by molar-refractivity contribution is 0.0302. The van der Waals surface area contributed by atoms with Crippen molar-refractivity contribution in [1.82, 2.24) is 15.5 Å². The van der Waals surface area contributed by atoms with Gasteiger partial charge in [0.1, 0.15) is 5.60 Å². The second-order valence-corrected chi connectivity index (χ2v) is 7.70. The van der Waals surface area contributed by atoms with Crippen LogP contribution in [0, 0.1) is 5.41 Å². The second-order valence-electron chi connectivity index (χ2n) is 7.70. The highest BCUT2D eigenvalue weighted by Crippen LogP contribution is 2.30. The number of aliphatic imine (C=N–C) groups is 1. The molecule has 0 saturated carbocycles. The van der Waals surface area contributed by atoms with Gasteiger partial charge in [-0.15, -0.1) is 0 Å². The Morgan fingerprint density at radius 3 is 2.23 bits per heavy atom. The third-order valence-corrected chi connectivity index (χ3v) is 4.50. The molecule has 0 aliphatic carbocycles. The lowest BCUT2D eigenvalue weighted by Crippen LogP contribution is -2.43. The van der Waals surface area contributed by atoms with E-state index in [9.17, 15) is 9.90 Å². The summed E-state index contributed by atoms with van der Waals surface area (Å²) in [5.74, 6) is 0.731. The molecule has 7 nitrogen and oxygen atoms in total.